The minimum absolute atomic E-state index is 0.0995. The number of alkyl halides is 3. The van der Waals surface area contributed by atoms with Gasteiger partial charge in [0.05, 0.1) is 30.7 Å². The van der Waals surface area contributed by atoms with Crippen molar-refractivity contribution in [3.05, 3.63) is 58.1 Å². The van der Waals surface area contributed by atoms with Gasteiger partial charge >= 0.3 is 12.3 Å². The highest BCUT2D eigenvalue weighted by molar-refractivity contribution is 5.96. The van der Waals surface area contributed by atoms with Gasteiger partial charge in [0.25, 0.3) is 0 Å². The number of fused-ring (bicyclic) bond motifs is 1. The maximum Gasteiger partial charge on any atom is 0.413 e. The van der Waals surface area contributed by atoms with Crippen LogP contribution in [-0.4, -0.2) is 51.5 Å². The molecule has 1 aromatic carbocycles. The maximum atomic E-state index is 14.7. The summed E-state index contributed by atoms with van der Waals surface area (Å²) < 4.78 is 87.5. The number of halogens is 6. The molecule has 38 heavy (non-hydrogen) atoms. The van der Waals surface area contributed by atoms with Crippen molar-refractivity contribution >= 4 is 28.9 Å². The number of anilines is 1. The molecule has 15 heteroatoms. The van der Waals surface area contributed by atoms with Crippen LogP contribution in [0, 0.1) is 17.5 Å². The highest BCUT2D eigenvalue weighted by atomic mass is 19.4. The molecular weight excluding hydrogens is 526 g/mol. The summed E-state index contributed by atoms with van der Waals surface area (Å²) in [6.45, 7) is 0.995. The van der Waals surface area contributed by atoms with Gasteiger partial charge in [-0.2, -0.15) is 13.2 Å². The molecule has 0 unspecified atom stereocenters. The van der Waals surface area contributed by atoms with Gasteiger partial charge in [0, 0.05) is 12.1 Å². The van der Waals surface area contributed by atoms with Crippen molar-refractivity contribution in [2.75, 3.05) is 11.4 Å². The zero-order valence-electron chi connectivity index (χ0n) is 19.4. The van der Waals surface area contributed by atoms with E-state index in [4.69, 9.17) is 4.74 Å². The Bertz CT molecular complexity index is 1470. The first-order chi connectivity index (χ1) is 17.8. The number of aromatic nitrogens is 2. The first-order valence-corrected chi connectivity index (χ1v) is 11.0. The van der Waals surface area contributed by atoms with Gasteiger partial charge in [0.15, 0.2) is 23.0 Å². The highest BCUT2D eigenvalue weighted by Crippen LogP contribution is 2.28. The second kappa shape index (κ2) is 9.96. The van der Waals surface area contributed by atoms with Crippen LogP contribution in [0.3, 0.4) is 0 Å². The van der Waals surface area contributed by atoms with Crippen molar-refractivity contribution in [1.29, 1.82) is 0 Å². The van der Waals surface area contributed by atoms with Crippen LogP contribution in [0.1, 0.15) is 19.8 Å². The fourth-order valence-corrected chi connectivity index (χ4v) is 3.92. The van der Waals surface area contributed by atoms with Crippen LogP contribution < -0.4 is 20.4 Å². The molecule has 1 fully saturated rings. The molecule has 0 saturated carbocycles. The van der Waals surface area contributed by atoms with E-state index in [0.717, 1.165) is 17.9 Å². The Labute approximate surface area is 209 Å². The van der Waals surface area contributed by atoms with E-state index in [1.54, 1.807) is 5.32 Å². The monoisotopic (exact) mass is 544 g/mol. The number of nitrogens with one attached hydrogen (secondary N) is 1. The normalized spacial score (nSPS) is 16.7. The van der Waals surface area contributed by atoms with E-state index in [2.05, 4.69) is 4.98 Å². The van der Waals surface area contributed by atoms with E-state index in [-0.39, 0.29) is 18.8 Å². The number of pyridine rings is 2. The van der Waals surface area contributed by atoms with E-state index in [9.17, 15) is 45.8 Å². The van der Waals surface area contributed by atoms with Crippen molar-refractivity contribution in [3.8, 4) is 11.4 Å². The molecule has 9 nitrogen and oxygen atoms in total. The van der Waals surface area contributed by atoms with Gasteiger partial charge in [-0.15, -0.1) is 0 Å². The summed E-state index contributed by atoms with van der Waals surface area (Å²) in [4.78, 5) is 42.6. The number of benzene rings is 1. The van der Waals surface area contributed by atoms with Gasteiger partial charge in [0.2, 0.25) is 11.3 Å². The molecule has 2 aromatic heterocycles. The Morgan fingerprint density at radius 3 is 2.42 bits per heavy atom. The minimum Gasteiger partial charge on any atom is -0.405 e. The topological polar surface area (TPSA) is 114 Å². The number of hydrogen-bond donors (Lipinski definition) is 2. The van der Waals surface area contributed by atoms with Crippen LogP contribution in [0.2, 0.25) is 0 Å². The Morgan fingerprint density at radius 1 is 1.21 bits per heavy atom. The fraction of sp³-hybridized carbons (Fsp3) is 0.304. The van der Waals surface area contributed by atoms with Crippen molar-refractivity contribution in [2.24, 2.45) is 0 Å². The predicted octanol–water partition coefficient (Wildman–Crippen LogP) is 3.33. The lowest BCUT2D eigenvalue weighted by atomic mass is 10.2. The molecule has 0 aliphatic carbocycles. The summed E-state index contributed by atoms with van der Waals surface area (Å²) in [6.07, 6.45) is -7.66. The number of rotatable bonds is 5. The number of hydrogen-bond acceptors (Lipinski definition) is 6. The smallest absolute Gasteiger partial charge is 0.405 e. The Morgan fingerprint density at radius 2 is 1.87 bits per heavy atom. The Hall–Kier alpha value is -4.14. The number of carbonyl (C=O) groups is 2. The average molecular weight is 544 g/mol. The van der Waals surface area contributed by atoms with E-state index in [1.807, 2.05) is 0 Å². The molecule has 3 aromatic rings. The number of ether oxygens (including phenoxy) is 1. The molecule has 202 valence electrons. The number of carbonyl (C=O) groups excluding carboxylic acids is 2. The average Bonchev–Trinajstić information content (AvgIpc) is 3.16. The van der Waals surface area contributed by atoms with Crippen LogP contribution in [0.4, 0.5) is 37.0 Å². The van der Waals surface area contributed by atoms with Gasteiger partial charge in [-0.25, -0.2) is 22.9 Å². The molecule has 2 atom stereocenters. The molecule has 2 amide bonds. The summed E-state index contributed by atoms with van der Waals surface area (Å²) >= 11 is 0. The molecule has 1 aliphatic rings. The number of aliphatic hydroxyl groups excluding tert-OH is 1. The van der Waals surface area contributed by atoms with E-state index in [0.29, 0.717) is 22.9 Å². The third-order valence-electron chi connectivity index (χ3n) is 5.71. The first kappa shape index (κ1) is 26.9. The van der Waals surface area contributed by atoms with E-state index in [1.165, 1.54) is 6.07 Å². The lowest BCUT2D eigenvalue weighted by molar-refractivity contribution is -0.154. The van der Waals surface area contributed by atoms with Crippen LogP contribution in [0.25, 0.3) is 16.7 Å². The van der Waals surface area contributed by atoms with Crippen LogP contribution in [0.15, 0.2) is 35.3 Å². The number of amides is 2. The summed E-state index contributed by atoms with van der Waals surface area (Å²) in [5.74, 6) is -5.72. The molecule has 0 bridgehead atoms. The Balaban J connectivity index is 1.88. The fourth-order valence-electron chi connectivity index (χ4n) is 3.92. The van der Waals surface area contributed by atoms with E-state index >= 15 is 0 Å². The highest BCUT2D eigenvalue weighted by Gasteiger charge is 2.40. The largest absolute Gasteiger partial charge is 0.413 e. The van der Waals surface area contributed by atoms with Crippen molar-refractivity contribution in [1.82, 2.24) is 14.9 Å². The molecule has 0 radical (unpaired) electrons. The molecule has 1 saturated heterocycles. The number of β-amino-alcohol motifs (C(OH)–C–C–N with tert-alkyl or cyclic N) is 1. The molecule has 0 spiro atoms. The van der Waals surface area contributed by atoms with Gasteiger partial charge < -0.3 is 15.2 Å². The molecule has 4 rings (SSSR count). The summed E-state index contributed by atoms with van der Waals surface area (Å²) in [7, 11) is 0. The Kier molecular flexibility index (Phi) is 7.06. The zero-order valence-corrected chi connectivity index (χ0v) is 19.4. The number of aliphatic hydroxyl groups is 1. The third kappa shape index (κ3) is 5.14. The lowest BCUT2D eigenvalue weighted by Crippen LogP contribution is -2.46. The maximum absolute atomic E-state index is 14.7. The third-order valence-corrected chi connectivity index (χ3v) is 5.71. The molecule has 2 N–H and O–H groups in total. The van der Waals surface area contributed by atoms with Gasteiger partial charge in [-0.3, -0.25) is 19.1 Å². The number of nitrogens with zero attached hydrogens (tertiary/aromatic N) is 3. The van der Waals surface area contributed by atoms with Crippen LogP contribution in [0.5, 0.6) is 5.75 Å². The van der Waals surface area contributed by atoms with Crippen LogP contribution in [-0.2, 0) is 4.79 Å². The molecule has 1 aliphatic heterocycles. The van der Waals surface area contributed by atoms with Crippen molar-refractivity contribution < 1.29 is 45.8 Å². The van der Waals surface area contributed by atoms with Gasteiger partial charge in [-0.05, 0) is 18.6 Å². The quantitative estimate of drug-likeness (QED) is 0.477. The predicted molar refractivity (Wildman–Crippen MR) is 119 cm³/mol. The summed E-state index contributed by atoms with van der Waals surface area (Å²) in [5.41, 5.74) is -2.50. The SMILES string of the molecule is CC[C@@H](NC(=O)Oc1cn(-c2c(F)cc(F)cc2F)c2nc(N3C[C@@H](O)CC3=O)ccc2c1=O)C(F)(F)F. The first-order valence-electron chi connectivity index (χ1n) is 11.0. The zero-order chi connectivity index (χ0) is 27.9. The molecule has 3 heterocycles. The van der Waals surface area contributed by atoms with Gasteiger partial charge in [-0.1, -0.05) is 6.92 Å². The summed E-state index contributed by atoms with van der Waals surface area (Å²) in [6, 6.07) is 0.622. The standard InChI is InChI=1S/C23H18F6N4O5/c1-2-16(23(27,28)29)30-22(37)38-15-9-33(19-13(25)5-10(24)6-14(19)26)21-12(20(15)36)3-4-17(31-21)32-8-11(34)7-18(32)35/h3-6,9,11,16,34H,2,7-8H2,1H3,(H,30,37)/t11-,16+/m0/s1. The minimum atomic E-state index is -4.82. The van der Waals surface area contributed by atoms with Crippen molar-refractivity contribution in [2.45, 2.75) is 38.1 Å². The second-order valence-electron chi connectivity index (χ2n) is 8.35. The molecular formula is C23H18F6N4O5. The summed E-state index contributed by atoms with van der Waals surface area (Å²) in [5, 5.41) is 10.9. The second-order valence-corrected chi connectivity index (χ2v) is 8.35. The van der Waals surface area contributed by atoms with Crippen molar-refractivity contribution in [3.63, 3.8) is 0 Å². The van der Waals surface area contributed by atoms with Gasteiger partial charge in [0.1, 0.15) is 23.4 Å². The van der Waals surface area contributed by atoms with Crippen LogP contribution >= 0.6 is 0 Å². The van der Waals surface area contributed by atoms with E-state index < -0.39 is 82.1 Å². The lowest BCUT2D eigenvalue weighted by Gasteiger charge is -2.20.